The van der Waals surface area contributed by atoms with Crippen molar-refractivity contribution in [3.05, 3.63) is 0 Å². The second-order valence-corrected chi connectivity index (χ2v) is 8.29. The first-order valence-electron chi connectivity index (χ1n) is 8.98. The maximum Gasteiger partial charge on any atom is 0.164 e. The van der Waals surface area contributed by atoms with Crippen LogP contribution in [0.4, 0.5) is 0 Å². The van der Waals surface area contributed by atoms with E-state index in [0.717, 1.165) is 6.42 Å². The molecular weight excluding hydrogens is 326 g/mol. The fourth-order valence-electron chi connectivity index (χ4n) is 1.85. The highest BCUT2D eigenvalue weighted by Crippen LogP contribution is 2.26. The van der Waals surface area contributed by atoms with E-state index in [1.807, 2.05) is 27.7 Å². The van der Waals surface area contributed by atoms with Crippen LogP contribution in [-0.4, -0.2) is 22.2 Å². The van der Waals surface area contributed by atoms with Gasteiger partial charge < -0.3 is 0 Å². The molecule has 7 heteroatoms. The quantitative estimate of drug-likeness (QED) is 0.399. The van der Waals surface area contributed by atoms with Crippen molar-refractivity contribution in [2.45, 2.75) is 103 Å². The average molecular weight is 358 g/mol. The lowest BCUT2D eigenvalue weighted by atomic mass is 9.92. The van der Waals surface area contributed by atoms with Crippen molar-refractivity contribution in [2.75, 3.05) is 0 Å². The van der Waals surface area contributed by atoms with Crippen LogP contribution in [0.1, 0.15) is 80.6 Å². The van der Waals surface area contributed by atoms with Gasteiger partial charge in [-0.1, -0.05) is 6.92 Å². The minimum atomic E-state index is -0.969. The van der Waals surface area contributed by atoms with Crippen LogP contribution in [0.5, 0.6) is 0 Å². The van der Waals surface area contributed by atoms with E-state index in [1.54, 1.807) is 20.8 Å². The Morgan fingerprint density at radius 1 is 0.615 bits per heavy atom. The third kappa shape index (κ3) is 8.67. The third-order valence-electron chi connectivity index (χ3n) is 4.05. The first kappa shape index (κ1) is 23.7. The van der Waals surface area contributed by atoms with Crippen molar-refractivity contribution in [2.24, 2.45) is 20.5 Å². The number of hydrogen-bond acceptors (Lipinski definition) is 7. The third-order valence-corrected chi connectivity index (χ3v) is 4.05. The summed E-state index contributed by atoms with van der Waals surface area (Å²) in [5, 5.41) is 44.6. The molecule has 0 heterocycles. The molecule has 0 bridgehead atoms. The number of nitriles is 3. The van der Waals surface area contributed by atoms with Gasteiger partial charge in [-0.3, -0.25) is 0 Å². The second kappa shape index (κ2) is 9.39. The molecule has 0 aliphatic heterocycles. The van der Waals surface area contributed by atoms with Crippen LogP contribution in [0.25, 0.3) is 0 Å². The number of rotatable bonds is 9. The second-order valence-electron chi connectivity index (χ2n) is 8.29. The predicted octanol–water partition coefficient (Wildman–Crippen LogP) is 5.51. The summed E-state index contributed by atoms with van der Waals surface area (Å²) in [5.41, 5.74) is -3.04. The summed E-state index contributed by atoms with van der Waals surface area (Å²) in [6.07, 6.45) is 3.04. The smallest absolute Gasteiger partial charge is 0.164 e. The van der Waals surface area contributed by atoms with Crippen molar-refractivity contribution in [3.8, 4) is 18.2 Å². The maximum atomic E-state index is 9.43. The Morgan fingerprint density at radius 3 is 1.27 bits per heavy atom. The van der Waals surface area contributed by atoms with Crippen molar-refractivity contribution < 1.29 is 0 Å². The number of azo groups is 2. The summed E-state index contributed by atoms with van der Waals surface area (Å²) in [6, 6.07) is 6.52. The zero-order chi connectivity index (χ0) is 20.5. The molecule has 0 saturated heterocycles. The number of unbranched alkanes of at least 4 members (excludes halogenated alkanes) is 1. The molecule has 0 fully saturated rings. The highest BCUT2D eigenvalue weighted by Gasteiger charge is 2.28. The molecule has 0 spiro atoms. The molecular formula is C19H31N7. The van der Waals surface area contributed by atoms with E-state index in [9.17, 15) is 10.5 Å². The Labute approximate surface area is 157 Å². The lowest BCUT2D eigenvalue weighted by Crippen LogP contribution is -2.24. The molecule has 0 aromatic heterocycles. The molecule has 0 aliphatic rings. The largest absolute Gasteiger partial charge is 0.196 e. The van der Waals surface area contributed by atoms with E-state index in [0.29, 0.717) is 25.7 Å². The van der Waals surface area contributed by atoms with E-state index < -0.39 is 16.6 Å². The van der Waals surface area contributed by atoms with Crippen LogP contribution in [0.3, 0.4) is 0 Å². The van der Waals surface area contributed by atoms with Crippen molar-refractivity contribution >= 4 is 0 Å². The average Bonchev–Trinajstić information content (AvgIpc) is 2.61. The van der Waals surface area contributed by atoms with Gasteiger partial charge in [0.25, 0.3) is 0 Å². The molecule has 0 amide bonds. The van der Waals surface area contributed by atoms with Gasteiger partial charge in [0, 0.05) is 0 Å². The molecule has 26 heavy (non-hydrogen) atoms. The van der Waals surface area contributed by atoms with Gasteiger partial charge in [0.15, 0.2) is 16.6 Å². The first-order valence-corrected chi connectivity index (χ1v) is 8.98. The maximum absolute atomic E-state index is 9.43. The SMILES string of the molecule is CCC(C)(C#N)N=NC(C)(C#N)CCCCC(C)(C#N)N=NC(C)(C)C. The van der Waals surface area contributed by atoms with Gasteiger partial charge >= 0.3 is 0 Å². The predicted molar refractivity (Wildman–Crippen MR) is 100 cm³/mol. The molecule has 0 radical (unpaired) electrons. The first-order chi connectivity index (χ1) is 11.9. The van der Waals surface area contributed by atoms with Crippen LogP contribution in [-0.2, 0) is 0 Å². The molecule has 3 atom stereocenters. The van der Waals surface area contributed by atoms with E-state index in [2.05, 4.69) is 38.7 Å². The molecule has 7 nitrogen and oxygen atoms in total. The van der Waals surface area contributed by atoms with Gasteiger partial charge in [0.1, 0.15) is 0 Å². The van der Waals surface area contributed by atoms with Gasteiger partial charge in [0.05, 0.1) is 23.7 Å². The van der Waals surface area contributed by atoms with Gasteiger partial charge in [-0.25, -0.2) is 0 Å². The fourth-order valence-corrected chi connectivity index (χ4v) is 1.85. The monoisotopic (exact) mass is 357 g/mol. The molecule has 0 aliphatic carbocycles. The number of nitrogens with zero attached hydrogens (tertiary/aromatic N) is 7. The minimum absolute atomic E-state index is 0.315. The van der Waals surface area contributed by atoms with Crippen molar-refractivity contribution in [1.29, 1.82) is 15.8 Å². The molecule has 0 aromatic carbocycles. The Bertz CT molecular complexity index is 641. The standard InChI is InChI=1S/C19H31N7/c1-8-17(5,13-20)24-26-19(7,15-22)12-10-9-11-18(6,14-21)25-23-16(2,3)4/h8-12H2,1-7H3. The molecule has 0 N–H and O–H groups in total. The van der Waals surface area contributed by atoms with Crippen molar-refractivity contribution in [3.63, 3.8) is 0 Å². The molecule has 142 valence electrons. The summed E-state index contributed by atoms with van der Waals surface area (Å²) < 4.78 is 0. The van der Waals surface area contributed by atoms with Crippen LogP contribution in [0, 0.1) is 34.0 Å². The van der Waals surface area contributed by atoms with E-state index >= 15 is 0 Å². The summed E-state index contributed by atoms with van der Waals surface area (Å²) in [4.78, 5) is 0. The highest BCUT2D eigenvalue weighted by molar-refractivity contribution is 5.07. The van der Waals surface area contributed by atoms with Crippen LogP contribution in [0.15, 0.2) is 20.5 Å². The van der Waals surface area contributed by atoms with Gasteiger partial charge in [0.2, 0.25) is 0 Å². The minimum Gasteiger partial charge on any atom is -0.196 e. The Kier molecular flexibility index (Phi) is 8.55. The summed E-state index contributed by atoms with van der Waals surface area (Å²) in [5.74, 6) is 0. The van der Waals surface area contributed by atoms with Gasteiger partial charge in [-0.2, -0.15) is 36.2 Å². The lowest BCUT2D eigenvalue weighted by Gasteiger charge is -2.20. The zero-order valence-corrected chi connectivity index (χ0v) is 17.2. The van der Waals surface area contributed by atoms with E-state index in [4.69, 9.17) is 5.26 Å². The zero-order valence-electron chi connectivity index (χ0n) is 17.2. The van der Waals surface area contributed by atoms with Crippen LogP contribution < -0.4 is 0 Å². The lowest BCUT2D eigenvalue weighted by molar-refractivity contribution is 0.412. The van der Waals surface area contributed by atoms with Crippen molar-refractivity contribution in [1.82, 2.24) is 0 Å². The normalized spacial score (nSPS) is 19.1. The summed E-state index contributed by atoms with van der Waals surface area (Å²) in [6.45, 7) is 12.8. The Balaban J connectivity index is 4.81. The Hall–Kier alpha value is -2.33. The van der Waals surface area contributed by atoms with Crippen LogP contribution >= 0.6 is 0 Å². The summed E-state index contributed by atoms with van der Waals surface area (Å²) in [7, 11) is 0. The fraction of sp³-hybridized carbons (Fsp3) is 0.842. The highest BCUT2D eigenvalue weighted by atomic mass is 15.2. The van der Waals surface area contributed by atoms with E-state index in [-0.39, 0.29) is 5.54 Å². The topological polar surface area (TPSA) is 121 Å². The molecule has 0 saturated carbocycles. The Morgan fingerprint density at radius 2 is 0.962 bits per heavy atom. The van der Waals surface area contributed by atoms with E-state index in [1.165, 1.54) is 0 Å². The number of hydrogen-bond donors (Lipinski definition) is 0. The molecule has 0 aromatic rings. The van der Waals surface area contributed by atoms with Crippen LogP contribution in [0.2, 0.25) is 0 Å². The molecule has 0 rings (SSSR count). The van der Waals surface area contributed by atoms with Gasteiger partial charge in [-0.05, 0) is 73.6 Å². The summed E-state index contributed by atoms with van der Waals surface area (Å²) >= 11 is 0. The van der Waals surface area contributed by atoms with Gasteiger partial charge in [-0.15, -0.1) is 0 Å². The molecule has 3 unspecified atom stereocenters.